The Bertz CT molecular complexity index is 449. The van der Waals surface area contributed by atoms with Crippen LogP contribution < -0.4 is 5.32 Å². The smallest absolute Gasteiger partial charge is 0.252 e. The third kappa shape index (κ3) is 3.09. The van der Waals surface area contributed by atoms with Crippen LogP contribution in [0.3, 0.4) is 0 Å². The molecule has 1 saturated carbocycles. The van der Waals surface area contributed by atoms with Crippen LogP contribution in [-0.2, 0) is 0 Å². The molecule has 1 N–H and O–H groups in total. The van der Waals surface area contributed by atoms with Gasteiger partial charge in [-0.05, 0) is 54.1 Å². The normalized spacial score (nSPS) is 23.1. The van der Waals surface area contributed by atoms with Gasteiger partial charge in [-0.25, -0.2) is 0 Å². The van der Waals surface area contributed by atoms with E-state index in [1.807, 2.05) is 36.9 Å². The number of amides is 1. The van der Waals surface area contributed by atoms with Crippen molar-refractivity contribution in [3.63, 3.8) is 0 Å². The molecule has 1 aliphatic rings. The predicted octanol–water partition coefficient (Wildman–Crippen LogP) is 3.77. The summed E-state index contributed by atoms with van der Waals surface area (Å²) in [5, 5.41) is 3.74. The number of rotatable bonds is 3. The average molecular weight is 328 g/mol. The number of nitrogens with one attached hydrogen (secondary N) is 1. The summed E-state index contributed by atoms with van der Waals surface area (Å²) in [5.74, 6) is 0.0384. The first-order chi connectivity index (χ1) is 8.61. The number of carbonyl (C=O) groups is 1. The van der Waals surface area contributed by atoms with Gasteiger partial charge in [-0.15, -0.1) is 0 Å². The third-order valence-corrected chi connectivity index (χ3v) is 5.30. The summed E-state index contributed by atoms with van der Waals surface area (Å²) in [6.07, 6.45) is 5.64. The van der Waals surface area contributed by atoms with Gasteiger partial charge in [0.2, 0.25) is 0 Å². The maximum Gasteiger partial charge on any atom is 0.252 e. The maximum atomic E-state index is 12.3. The van der Waals surface area contributed by atoms with Gasteiger partial charge in [-0.1, -0.05) is 18.1 Å². The predicted molar refractivity (Wildman–Crippen MR) is 81.3 cm³/mol. The minimum atomic E-state index is 0.0384. The van der Waals surface area contributed by atoms with Gasteiger partial charge in [0.15, 0.2) is 0 Å². The molecule has 0 radical (unpaired) electrons. The second kappa shape index (κ2) is 6.11. The van der Waals surface area contributed by atoms with Gasteiger partial charge >= 0.3 is 0 Å². The Morgan fingerprint density at radius 3 is 2.94 bits per heavy atom. The molecule has 18 heavy (non-hydrogen) atoms. The Hall–Kier alpha value is -0.480. The Morgan fingerprint density at radius 2 is 2.22 bits per heavy atom. The quantitative estimate of drug-likeness (QED) is 0.915. The summed E-state index contributed by atoms with van der Waals surface area (Å²) < 4.78 is 0.865. The maximum absolute atomic E-state index is 12.3. The molecule has 2 atom stereocenters. The summed E-state index contributed by atoms with van der Waals surface area (Å²) in [6.45, 7) is 2.00. The zero-order valence-electron chi connectivity index (χ0n) is 10.7. The summed E-state index contributed by atoms with van der Waals surface area (Å²) >= 11 is 5.31. The molecular formula is C14H18BrNOS. The van der Waals surface area contributed by atoms with Crippen LogP contribution in [0.5, 0.6) is 0 Å². The molecule has 0 spiro atoms. The molecular weight excluding hydrogens is 310 g/mol. The number of carbonyl (C=O) groups excluding carboxylic acids is 1. The van der Waals surface area contributed by atoms with Crippen LogP contribution >= 0.6 is 27.7 Å². The Balaban J connectivity index is 2.09. The lowest BCUT2D eigenvalue weighted by Crippen LogP contribution is -2.38. The van der Waals surface area contributed by atoms with Crippen molar-refractivity contribution < 1.29 is 4.79 Å². The summed E-state index contributed by atoms with van der Waals surface area (Å²) in [7, 11) is 0. The van der Waals surface area contributed by atoms with Crippen molar-refractivity contribution in [2.75, 3.05) is 6.26 Å². The number of aryl methyl sites for hydroxylation is 1. The molecule has 0 bridgehead atoms. The van der Waals surface area contributed by atoms with Crippen molar-refractivity contribution in [1.29, 1.82) is 0 Å². The number of halogens is 1. The largest absolute Gasteiger partial charge is 0.348 e. The van der Waals surface area contributed by atoms with Crippen LogP contribution in [-0.4, -0.2) is 23.5 Å². The van der Waals surface area contributed by atoms with Crippen molar-refractivity contribution in [3.05, 3.63) is 33.8 Å². The fourth-order valence-corrected chi connectivity index (χ4v) is 3.79. The van der Waals surface area contributed by atoms with Gasteiger partial charge in [0.25, 0.3) is 5.91 Å². The van der Waals surface area contributed by atoms with Crippen LogP contribution in [0, 0.1) is 6.92 Å². The van der Waals surface area contributed by atoms with E-state index < -0.39 is 0 Å². The van der Waals surface area contributed by atoms with E-state index in [0.717, 1.165) is 22.0 Å². The Kier molecular flexibility index (Phi) is 4.73. The van der Waals surface area contributed by atoms with Crippen molar-refractivity contribution in [2.45, 2.75) is 37.5 Å². The topological polar surface area (TPSA) is 29.1 Å². The summed E-state index contributed by atoms with van der Waals surface area (Å²) in [6, 6.07) is 6.19. The monoisotopic (exact) mass is 327 g/mol. The van der Waals surface area contributed by atoms with E-state index in [4.69, 9.17) is 0 Å². The molecule has 0 saturated heterocycles. The van der Waals surface area contributed by atoms with Crippen molar-refractivity contribution in [2.24, 2.45) is 0 Å². The fraction of sp³-hybridized carbons (Fsp3) is 0.500. The standard InChI is InChI=1S/C14H18BrNOS/c1-9-6-7-11(15)10(8-9)14(17)16-12-4-3-5-13(12)18-2/h6-8,12-13H,3-5H2,1-2H3,(H,16,17). The number of hydrogen-bond acceptors (Lipinski definition) is 2. The zero-order chi connectivity index (χ0) is 13.1. The molecule has 2 rings (SSSR count). The molecule has 2 unspecified atom stereocenters. The van der Waals surface area contributed by atoms with E-state index in [9.17, 15) is 4.79 Å². The molecule has 1 amide bonds. The lowest BCUT2D eigenvalue weighted by molar-refractivity contribution is 0.0938. The third-order valence-electron chi connectivity index (χ3n) is 3.44. The van der Waals surface area contributed by atoms with Crippen molar-refractivity contribution in [3.8, 4) is 0 Å². The van der Waals surface area contributed by atoms with Crippen LogP contribution in [0.2, 0.25) is 0 Å². The molecule has 1 aliphatic carbocycles. The van der Waals surface area contributed by atoms with Crippen LogP contribution in [0.15, 0.2) is 22.7 Å². The first-order valence-electron chi connectivity index (χ1n) is 6.21. The molecule has 1 fully saturated rings. The van der Waals surface area contributed by atoms with Crippen molar-refractivity contribution >= 4 is 33.6 Å². The SMILES string of the molecule is CSC1CCCC1NC(=O)c1cc(C)ccc1Br. The second-order valence-corrected chi connectivity index (χ2v) is 6.70. The lowest BCUT2D eigenvalue weighted by atomic mass is 10.1. The van der Waals surface area contributed by atoms with Crippen molar-refractivity contribution in [1.82, 2.24) is 5.32 Å². The minimum absolute atomic E-state index is 0.0384. The first kappa shape index (κ1) is 13.9. The van der Waals surface area contributed by atoms with E-state index in [-0.39, 0.29) is 5.91 Å². The molecule has 2 nitrogen and oxygen atoms in total. The van der Waals surface area contributed by atoms with E-state index >= 15 is 0 Å². The molecule has 98 valence electrons. The highest BCUT2D eigenvalue weighted by molar-refractivity contribution is 9.10. The molecule has 0 aliphatic heterocycles. The highest BCUT2D eigenvalue weighted by Gasteiger charge is 2.28. The molecule has 0 heterocycles. The van der Waals surface area contributed by atoms with E-state index in [1.165, 1.54) is 12.8 Å². The summed E-state index contributed by atoms with van der Waals surface area (Å²) in [4.78, 5) is 12.3. The molecule has 0 aromatic heterocycles. The molecule has 1 aromatic carbocycles. The summed E-state index contributed by atoms with van der Waals surface area (Å²) in [5.41, 5.74) is 1.85. The lowest BCUT2D eigenvalue weighted by Gasteiger charge is -2.19. The highest BCUT2D eigenvalue weighted by atomic mass is 79.9. The van der Waals surface area contributed by atoms with E-state index in [0.29, 0.717) is 11.3 Å². The Morgan fingerprint density at radius 1 is 1.44 bits per heavy atom. The Labute approximate surface area is 121 Å². The van der Waals surface area contributed by atoms with Gasteiger partial charge in [-0.3, -0.25) is 4.79 Å². The van der Waals surface area contributed by atoms with Gasteiger partial charge < -0.3 is 5.32 Å². The fourth-order valence-electron chi connectivity index (χ4n) is 2.43. The van der Waals surface area contributed by atoms with Crippen LogP contribution in [0.4, 0.5) is 0 Å². The van der Waals surface area contributed by atoms with Gasteiger partial charge in [0.05, 0.1) is 5.56 Å². The minimum Gasteiger partial charge on any atom is -0.348 e. The van der Waals surface area contributed by atoms with Gasteiger partial charge in [0, 0.05) is 15.8 Å². The van der Waals surface area contributed by atoms with Gasteiger partial charge in [0.1, 0.15) is 0 Å². The van der Waals surface area contributed by atoms with Crippen LogP contribution in [0.1, 0.15) is 35.2 Å². The van der Waals surface area contributed by atoms with Gasteiger partial charge in [-0.2, -0.15) is 11.8 Å². The second-order valence-electron chi connectivity index (χ2n) is 4.77. The highest BCUT2D eigenvalue weighted by Crippen LogP contribution is 2.29. The van der Waals surface area contributed by atoms with E-state index in [1.54, 1.807) is 0 Å². The number of hydrogen-bond donors (Lipinski definition) is 1. The van der Waals surface area contributed by atoms with Crippen LogP contribution in [0.25, 0.3) is 0 Å². The zero-order valence-corrected chi connectivity index (χ0v) is 13.1. The number of benzene rings is 1. The first-order valence-corrected chi connectivity index (χ1v) is 8.29. The van der Waals surface area contributed by atoms with E-state index in [2.05, 4.69) is 27.5 Å². The molecule has 4 heteroatoms. The molecule has 1 aromatic rings. The average Bonchev–Trinajstić information content (AvgIpc) is 2.79. The number of thioether (sulfide) groups is 1.